The minimum atomic E-state index is -3.84. The van der Waals surface area contributed by atoms with Crippen molar-refractivity contribution in [3.8, 4) is 5.75 Å². The first-order chi connectivity index (χ1) is 15.3. The van der Waals surface area contributed by atoms with Crippen molar-refractivity contribution in [2.75, 3.05) is 7.11 Å². The molecule has 1 aromatic heterocycles. The zero-order valence-corrected chi connectivity index (χ0v) is 18.4. The molecule has 1 aliphatic rings. The van der Waals surface area contributed by atoms with Crippen LogP contribution >= 0.6 is 0 Å². The maximum atomic E-state index is 13.4. The van der Waals surface area contributed by atoms with Crippen molar-refractivity contribution in [3.05, 3.63) is 77.6 Å². The first kappa shape index (κ1) is 22.0. The second-order valence-electron chi connectivity index (χ2n) is 7.62. The summed E-state index contributed by atoms with van der Waals surface area (Å²) in [5, 5.41) is 2.88. The summed E-state index contributed by atoms with van der Waals surface area (Å²) < 4.78 is 48.5. The Kier molecular flexibility index (Phi) is 5.98. The van der Waals surface area contributed by atoms with Gasteiger partial charge in [0.1, 0.15) is 28.3 Å². The highest BCUT2D eigenvalue weighted by Crippen LogP contribution is 2.29. The molecule has 2 aromatic carbocycles. The fourth-order valence-electron chi connectivity index (χ4n) is 3.33. The Morgan fingerprint density at radius 1 is 1.22 bits per heavy atom. The number of benzene rings is 2. The molecule has 1 aliphatic carbocycles. The van der Waals surface area contributed by atoms with Gasteiger partial charge in [0.25, 0.3) is 5.91 Å². The summed E-state index contributed by atoms with van der Waals surface area (Å²) in [6, 6.07) is 9.21. The van der Waals surface area contributed by atoms with E-state index in [2.05, 4.69) is 15.0 Å². The Labute approximate surface area is 185 Å². The van der Waals surface area contributed by atoms with Crippen molar-refractivity contribution in [1.82, 2.24) is 19.6 Å². The van der Waals surface area contributed by atoms with Gasteiger partial charge in [-0.1, -0.05) is 12.1 Å². The summed E-state index contributed by atoms with van der Waals surface area (Å²) >= 11 is 0. The fraction of sp³-hybridized carbons (Fsp3) is 0.273. The number of amides is 1. The standard InChI is InChI=1S/C22H23FN4O4S/c1-27-12-11-24-21(27)20(14-3-6-16(23)7-4-14)25-22(28)15-5-10-18(31-2)19(13-15)32(29,30)26-17-8-9-17/h3-7,10-13,17,20,26H,8-9H2,1-2H3,(H,25,28)/t20-/m1/s1. The van der Waals surface area contributed by atoms with Crippen molar-refractivity contribution in [2.24, 2.45) is 7.05 Å². The lowest BCUT2D eigenvalue weighted by Crippen LogP contribution is -2.31. The third-order valence-electron chi connectivity index (χ3n) is 5.21. The van der Waals surface area contributed by atoms with Crippen molar-refractivity contribution in [1.29, 1.82) is 0 Å². The van der Waals surface area contributed by atoms with Gasteiger partial charge >= 0.3 is 0 Å². The highest BCUT2D eigenvalue weighted by molar-refractivity contribution is 7.89. The van der Waals surface area contributed by atoms with E-state index in [1.165, 1.54) is 37.4 Å². The number of ether oxygens (including phenoxy) is 1. The van der Waals surface area contributed by atoms with Crippen molar-refractivity contribution in [2.45, 2.75) is 29.8 Å². The number of nitrogens with zero attached hydrogens (tertiary/aromatic N) is 2. The first-order valence-electron chi connectivity index (χ1n) is 10.0. The number of halogens is 1. The minimum absolute atomic E-state index is 0.0894. The number of carbonyl (C=O) groups is 1. The molecule has 0 radical (unpaired) electrons. The summed E-state index contributed by atoms with van der Waals surface area (Å²) in [4.78, 5) is 17.3. The van der Waals surface area contributed by atoms with Crippen LogP contribution in [0.25, 0.3) is 0 Å². The molecule has 0 saturated heterocycles. The van der Waals surface area contributed by atoms with E-state index in [9.17, 15) is 17.6 Å². The normalized spacial score (nSPS) is 14.7. The number of carbonyl (C=O) groups excluding carboxylic acids is 1. The Morgan fingerprint density at radius 3 is 2.53 bits per heavy atom. The van der Waals surface area contributed by atoms with Crippen LogP contribution < -0.4 is 14.8 Å². The molecule has 1 atom stereocenters. The van der Waals surface area contributed by atoms with E-state index < -0.39 is 27.8 Å². The van der Waals surface area contributed by atoms with Gasteiger partial charge in [0.2, 0.25) is 10.0 Å². The quantitative estimate of drug-likeness (QED) is 0.540. The second-order valence-corrected chi connectivity index (χ2v) is 9.30. The lowest BCUT2D eigenvalue weighted by Gasteiger charge is -2.20. The van der Waals surface area contributed by atoms with Gasteiger partial charge in [0.15, 0.2) is 0 Å². The predicted molar refractivity (Wildman–Crippen MR) is 115 cm³/mol. The monoisotopic (exact) mass is 458 g/mol. The molecule has 3 aromatic rings. The molecular weight excluding hydrogens is 435 g/mol. The molecule has 2 N–H and O–H groups in total. The van der Waals surface area contributed by atoms with Crippen molar-refractivity contribution < 1.29 is 22.3 Å². The van der Waals surface area contributed by atoms with Crippen LogP contribution in [0.2, 0.25) is 0 Å². The SMILES string of the molecule is COc1ccc(C(=O)N[C@H](c2ccc(F)cc2)c2nccn2C)cc1S(=O)(=O)NC1CC1. The number of aromatic nitrogens is 2. The molecule has 0 unspecified atom stereocenters. The Morgan fingerprint density at radius 2 is 1.94 bits per heavy atom. The van der Waals surface area contributed by atoms with Crippen LogP contribution in [0.4, 0.5) is 4.39 Å². The average Bonchev–Trinajstić information content (AvgIpc) is 3.48. The van der Waals surface area contributed by atoms with E-state index in [0.717, 1.165) is 12.8 Å². The first-order valence-corrected chi connectivity index (χ1v) is 11.5. The zero-order chi connectivity index (χ0) is 22.9. The molecular formula is C22H23FN4O4S. The molecule has 10 heteroatoms. The van der Waals surface area contributed by atoms with E-state index in [1.807, 2.05) is 0 Å². The number of nitrogens with one attached hydrogen (secondary N) is 2. The van der Waals surface area contributed by atoms with Gasteiger partial charge in [-0.2, -0.15) is 0 Å². The van der Waals surface area contributed by atoms with E-state index in [0.29, 0.717) is 11.4 Å². The Balaban J connectivity index is 1.67. The van der Waals surface area contributed by atoms with Gasteiger partial charge in [0, 0.05) is 31.0 Å². The third kappa shape index (κ3) is 4.66. The minimum Gasteiger partial charge on any atom is -0.495 e. The van der Waals surface area contributed by atoms with Gasteiger partial charge in [-0.3, -0.25) is 4.79 Å². The molecule has 1 heterocycles. The Bertz CT molecular complexity index is 1240. The third-order valence-corrected chi connectivity index (χ3v) is 6.75. The topological polar surface area (TPSA) is 102 Å². The van der Waals surface area contributed by atoms with E-state index in [-0.39, 0.29) is 22.3 Å². The van der Waals surface area contributed by atoms with Gasteiger partial charge in [0.05, 0.1) is 7.11 Å². The van der Waals surface area contributed by atoms with Crippen molar-refractivity contribution >= 4 is 15.9 Å². The van der Waals surface area contributed by atoms with Crippen LogP contribution in [0.3, 0.4) is 0 Å². The van der Waals surface area contributed by atoms with Gasteiger partial charge in [-0.15, -0.1) is 0 Å². The molecule has 1 saturated carbocycles. The molecule has 32 heavy (non-hydrogen) atoms. The fourth-order valence-corrected chi connectivity index (χ4v) is 4.83. The van der Waals surface area contributed by atoms with E-state index in [4.69, 9.17) is 4.74 Å². The number of sulfonamides is 1. The van der Waals surface area contributed by atoms with Crippen LogP contribution in [0.1, 0.15) is 40.6 Å². The lowest BCUT2D eigenvalue weighted by atomic mass is 10.1. The predicted octanol–water partition coefficient (Wildman–Crippen LogP) is 2.53. The summed E-state index contributed by atoms with van der Waals surface area (Å²) in [6.45, 7) is 0. The van der Waals surface area contributed by atoms with E-state index >= 15 is 0 Å². The molecule has 4 rings (SSSR count). The van der Waals surface area contributed by atoms with Crippen LogP contribution in [0.5, 0.6) is 5.75 Å². The maximum Gasteiger partial charge on any atom is 0.252 e. The van der Waals surface area contributed by atoms with E-state index in [1.54, 1.807) is 36.1 Å². The van der Waals surface area contributed by atoms with Gasteiger partial charge in [-0.25, -0.2) is 22.5 Å². The number of rotatable bonds is 8. The highest BCUT2D eigenvalue weighted by atomic mass is 32.2. The second kappa shape index (κ2) is 8.71. The summed E-state index contributed by atoms with van der Waals surface area (Å²) in [6.07, 6.45) is 4.90. The average molecular weight is 459 g/mol. The summed E-state index contributed by atoms with van der Waals surface area (Å²) in [7, 11) is -0.688. The number of hydrogen-bond donors (Lipinski definition) is 2. The molecule has 0 spiro atoms. The van der Waals surface area contributed by atoms with Crippen LogP contribution in [0, 0.1) is 5.82 Å². The van der Waals surface area contributed by atoms with Crippen LogP contribution in [0.15, 0.2) is 59.8 Å². The molecule has 168 valence electrons. The number of hydrogen-bond acceptors (Lipinski definition) is 5. The summed E-state index contributed by atoms with van der Waals surface area (Å²) in [5.41, 5.74) is 0.772. The largest absolute Gasteiger partial charge is 0.495 e. The molecule has 1 fully saturated rings. The highest BCUT2D eigenvalue weighted by Gasteiger charge is 2.31. The molecule has 0 bridgehead atoms. The number of imidazole rings is 1. The molecule has 8 nitrogen and oxygen atoms in total. The summed E-state index contributed by atoms with van der Waals surface area (Å²) in [5.74, 6) is -0.213. The maximum absolute atomic E-state index is 13.4. The van der Waals surface area contributed by atoms with Gasteiger partial charge < -0.3 is 14.6 Å². The zero-order valence-electron chi connectivity index (χ0n) is 17.6. The van der Waals surface area contributed by atoms with Crippen molar-refractivity contribution in [3.63, 3.8) is 0 Å². The molecule has 1 amide bonds. The Hall–Kier alpha value is -3.24. The van der Waals surface area contributed by atoms with Crippen LogP contribution in [-0.4, -0.2) is 37.0 Å². The number of methoxy groups -OCH3 is 1. The van der Waals surface area contributed by atoms with Gasteiger partial charge in [-0.05, 0) is 48.7 Å². The number of aryl methyl sites for hydroxylation is 1. The lowest BCUT2D eigenvalue weighted by molar-refractivity contribution is 0.0941. The van der Waals surface area contributed by atoms with Crippen LogP contribution in [-0.2, 0) is 17.1 Å². The smallest absolute Gasteiger partial charge is 0.252 e. The molecule has 0 aliphatic heterocycles.